The van der Waals surface area contributed by atoms with Crippen molar-refractivity contribution in [1.82, 2.24) is 0 Å². The van der Waals surface area contributed by atoms with Crippen LogP contribution in [0.4, 0.5) is 0 Å². The van der Waals surface area contributed by atoms with E-state index in [1.807, 2.05) is 6.92 Å². The summed E-state index contributed by atoms with van der Waals surface area (Å²) in [7, 11) is 0. The summed E-state index contributed by atoms with van der Waals surface area (Å²) < 4.78 is 10.3. The largest absolute Gasteiger partial charge is 0.449 e. The molecule has 0 aromatic heterocycles. The lowest BCUT2D eigenvalue weighted by Crippen LogP contribution is -2.16. The average Bonchev–Trinajstić information content (AvgIpc) is 2.51. The second-order valence-corrected chi connectivity index (χ2v) is 5.45. The zero-order valence-corrected chi connectivity index (χ0v) is 14.5. The van der Waals surface area contributed by atoms with Crippen LogP contribution >= 0.6 is 23.2 Å². The fourth-order valence-corrected chi connectivity index (χ4v) is 2.04. The molecule has 23 heavy (non-hydrogen) atoms. The first kappa shape index (κ1) is 19.3. The van der Waals surface area contributed by atoms with Crippen molar-refractivity contribution in [3.8, 4) is 17.6 Å². The van der Waals surface area contributed by atoms with Crippen LogP contribution in [-0.2, 0) is 14.3 Å². The molecule has 0 N–H and O–H groups in total. The summed E-state index contributed by atoms with van der Waals surface area (Å²) in [4.78, 5) is 23.4. The summed E-state index contributed by atoms with van der Waals surface area (Å²) in [5.41, 5.74) is 0. The number of halogens is 2. The molecule has 0 saturated carbocycles. The number of ether oxygens (including phenoxy) is 2. The number of carbonyl (C=O) groups excluding carboxylic acids is 2. The minimum atomic E-state index is -0.484. The highest BCUT2D eigenvalue weighted by atomic mass is 35.5. The molecule has 0 heterocycles. The van der Waals surface area contributed by atoms with Gasteiger partial charge >= 0.3 is 11.9 Å². The molecule has 0 spiro atoms. The van der Waals surface area contributed by atoms with E-state index in [9.17, 15) is 9.59 Å². The third-order valence-corrected chi connectivity index (χ3v) is 3.65. The number of hydrogen-bond donors (Lipinski definition) is 0. The number of hydrogen-bond acceptors (Lipinski definition) is 4. The van der Waals surface area contributed by atoms with E-state index >= 15 is 0 Å². The first-order valence-corrected chi connectivity index (χ1v) is 8.00. The number of benzene rings is 1. The lowest BCUT2D eigenvalue weighted by atomic mass is 10.2. The first-order chi connectivity index (χ1) is 11.0. The van der Waals surface area contributed by atoms with Gasteiger partial charge in [-0.05, 0) is 31.9 Å². The van der Waals surface area contributed by atoms with Crippen LogP contribution in [0, 0.1) is 11.8 Å². The highest BCUT2D eigenvalue weighted by Crippen LogP contribution is 2.31. The van der Waals surface area contributed by atoms with E-state index in [1.165, 1.54) is 0 Å². The molecule has 1 rings (SSSR count). The van der Waals surface area contributed by atoms with Crippen molar-refractivity contribution >= 4 is 35.1 Å². The molecule has 0 aliphatic carbocycles. The summed E-state index contributed by atoms with van der Waals surface area (Å²) >= 11 is 11.8. The van der Waals surface area contributed by atoms with Crippen molar-refractivity contribution in [3.05, 3.63) is 28.2 Å². The Morgan fingerprint density at radius 1 is 1.22 bits per heavy atom. The molecular weight excluding hydrogens is 339 g/mol. The van der Waals surface area contributed by atoms with Gasteiger partial charge < -0.3 is 9.47 Å². The van der Waals surface area contributed by atoms with Crippen LogP contribution in [0.1, 0.15) is 39.5 Å². The van der Waals surface area contributed by atoms with E-state index < -0.39 is 12.1 Å². The normalized spacial score (nSPS) is 11.1. The molecule has 0 amide bonds. The van der Waals surface area contributed by atoms with Crippen LogP contribution < -0.4 is 4.74 Å². The molecule has 4 nitrogen and oxygen atoms in total. The molecular formula is C17H18Cl2O4. The van der Waals surface area contributed by atoms with Gasteiger partial charge in [-0.1, -0.05) is 42.1 Å². The molecule has 0 aliphatic heterocycles. The van der Waals surface area contributed by atoms with Crippen molar-refractivity contribution in [2.75, 3.05) is 0 Å². The summed E-state index contributed by atoms with van der Waals surface area (Å²) in [6.07, 6.45) is 0.757. The van der Waals surface area contributed by atoms with E-state index in [4.69, 9.17) is 32.7 Å². The maximum Gasteiger partial charge on any atom is 0.311 e. The van der Waals surface area contributed by atoms with E-state index in [2.05, 4.69) is 11.8 Å². The summed E-state index contributed by atoms with van der Waals surface area (Å²) in [6, 6.07) is 4.78. The van der Waals surface area contributed by atoms with Gasteiger partial charge in [-0.2, -0.15) is 0 Å². The maximum atomic E-state index is 11.7. The molecule has 1 aromatic carbocycles. The Bertz CT molecular complexity index is 617. The van der Waals surface area contributed by atoms with Crippen LogP contribution in [0.3, 0.4) is 0 Å². The Morgan fingerprint density at radius 2 is 1.91 bits per heavy atom. The van der Waals surface area contributed by atoms with Gasteiger partial charge in [-0.15, -0.1) is 5.92 Å². The fourth-order valence-electron chi connectivity index (χ4n) is 1.71. The Morgan fingerprint density at radius 3 is 2.57 bits per heavy atom. The van der Waals surface area contributed by atoms with Crippen LogP contribution in [0.2, 0.25) is 10.0 Å². The average molecular weight is 357 g/mol. The molecule has 0 fully saturated rings. The topological polar surface area (TPSA) is 52.6 Å². The van der Waals surface area contributed by atoms with Gasteiger partial charge in [0.1, 0.15) is 5.02 Å². The third-order valence-electron chi connectivity index (χ3n) is 2.85. The Kier molecular flexibility index (Phi) is 8.53. The van der Waals surface area contributed by atoms with Crippen LogP contribution in [0.15, 0.2) is 18.2 Å². The molecule has 0 bridgehead atoms. The third kappa shape index (κ3) is 6.94. The van der Waals surface area contributed by atoms with Gasteiger partial charge in [-0.3, -0.25) is 9.59 Å². The summed E-state index contributed by atoms with van der Waals surface area (Å²) in [6.45, 7) is 3.57. The second-order valence-electron chi connectivity index (χ2n) is 4.66. The lowest BCUT2D eigenvalue weighted by molar-refractivity contribution is -0.146. The van der Waals surface area contributed by atoms with E-state index in [-0.39, 0.29) is 29.6 Å². The van der Waals surface area contributed by atoms with Crippen molar-refractivity contribution in [2.24, 2.45) is 0 Å². The highest BCUT2D eigenvalue weighted by Gasteiger charge is 2.13. The van der Waals surface area contributed by atoms with Gasteiger partial charge in [0.2, 0.25) is 0 Å². The number of esters is 2. The van der Waals surface area contributed by atoms with Crippen molar-refractivity contribution in [1.29, 1.82) is 0 Å². The van der Waals surface area contributed by atoms with Crippen LogP contribution in [-0.4, -0.2) is 18.0 Å². The molecule has 0 radical (unpaired) electrons. The lowest BCUT2D eigenvalue weighted by Gasteiger charge is -2.10. The van der Waals surface area contributed by atoms with Crippen molar-refractivity contribution in [2.45, 2.75) is 45.6 Å². The molecule has 1 unspecified atom stereocenters. The first-order valence-electron chi connectivity index (χ1n) is 7.24. The summed E-state index contributed by atoms with van der Waals surface area (Å²) in [5, 5.41) is 0.494. The molecule has 6 heteroatoms. The quantitative estimate of drug-likeness (QED) is 0.412. The summed E-state index contributed by atoms with van der Waals surface area (Å²) in [5.74, 6) is 4.85. The van der Waals surface area contributed by atoms with Gasteiger partial charge in [0, 0.05) is 12.8 Å². The second kappa shape index (κ2) is 10.1. The number of rotatable bonds is 7. The minimum Gasteiger partial charge on any atom is -0.449 e. The minimum absolute atomic E-state index is 0.0776. The van der Waals surface area contributed by atoms with E-state index in [0.29, 0.717) is 17.9 Å². The Balaban J connectivity index is 2.37. The Hall–Kier alpha value is -1.70. The fraction of sp³-hybridized carbons (Fsp3) is 0.412. The van der Waals surface area contributed by atoms with Gasteiger partial charge in [0.15, 0.2) is 11.9 Å². The predicted molar refractivity (Wildman–Crippen MR) is 89.6 cm³/mol. The smallest absolute Gasteiger partial charge is 0.311 e. The van der Waals surface area contributed by atoms with Crippen LogP contribution in [0.5, 0.6) is 5.75 Å². The number of carbonyl (C=O) groups is 2. The maximum absolute atomic E-state index is 11.7. The van der Waals surface area contributed by atoms with E-state index in [0.717, 1.165) is 0 Å². The standard InChI is InChI=1S/C17H18Cl2O4/c1-3-7-12(4-2)22-15(20)10-6-11-16(21)23-14-9-5-8-13(18)17(14)19/h5,8-9,12H,4,6,10-11H2,1-2H3. The zero-order chi connectivity index (χ0) is 17.2. The van der Waals surface area contributed by atoms with Gasteiger partial charge in [0.25, 0.3) is 0 Å². The molecule has 124 valence electrons. The van der Waals surface area contributed by atoms with E-state index in [1.54, 1.807) is 25.1 Å². The highest BCUT2D eigenvalue weighted by molar-refractivity contribution is 6.43. The Labute approximate surface area is 146 Å². The molecule has 0 aliphatic rings. The van der Waals surface area contributed by atoms with Gasteiger partial charge in [0.05, 0.1) is 5.02 Å². The molecule has 0 saturated heterocycles. The zero-order valence-electron chi connectivity index (χ0n) is 13.0. The monoisotopic (exact) mass is 356 g/mol. The van der Waals surface area contributed by atoms with Crippen LogP contribution in [0.25, 0.3) is 0 Å². The predicted octanol–water partition coefficient (Wildman–Crippen LogP) is 4.41. The van der Waals surface area contributed by atoms with Gasteiger partial charge in [-0.25, -0.2) is 0 Å². The van der Waals surface area contributed by atoms with Crippen molar-refractivity contribution < 1.29 is 19.1 Å². The van der Waals surface area contributed by atoms with Crippen molar-refractivity contribution in [3.63, 3.8) is 0 Å². The molecule has 1 atom stereocenters. The SMILES string of the molecule is CC#CC(CC)OC(=O)CCCC(=O)Oc1cccc(Cl)c1Cl. The molecule has 1 aromatic rings.